The second kappa shape index (κ2) is 6.68. The van der Waals surface area contributed by atoms with E-state index in [2.05, 4.69) is 10.1 Å². The zero-order valence-electron chi connectivity index (χ0n) is 15.0. The molecule has 2 aromatic carbocycles. The van der Waals surface area contributed by atoms with Gasteiger partial charge < -0.3 is 4.90 Å². The number of aromatic nitrogens is 4. The fourth-order valence-corrected chi connectivity index (χ4v) is 3.09. The van der Waals surface area contributed by atoms with E-state index in [9.17, 15) is 9.18 Å². The van der Waals surface area contributed by atoms with Gasteiger partial charge in [0.25, 0.3) is 5.56 Å². The standard InChI is InChI=1S/C20H18FN5O/c1-24(16-10-6-7-14(21)11-16)13-18-23-19-17(12-22-25(19)2)20(27)26(18)15-8-4-3-5-9-15/h3-12H,13H2,1-2H3. The van der Waals surface area contributed by atoms with Crippen LogP contribution in [-0.2, 0) is 13.6 Å². The van der Waals surface area contributed by atoms with Crippen molar-refractivity contribution in [3.8, 4) is 5.69 Å². The molecule has 27 heavy (non-hydrogen) atoms. The van der Waals surface area contributed by atoms with E-state index in [-0.39, 0.29) is 11.4 Å². The van der Waals surface area contributed by atoms with Crippen molar-refractivity contribution in [3.63, 3.8) is 0 Å². The van der Waals surface area contributed by atoms with Crippen LogP contribution in [0, 0.1) is 5.82 Å². The molecule has 0 aliphatic rings. The van der Waals surface area contributed by atoms with Gasteiger partial charge in [-0.2, -0.15) is 5.10 Å². The molecule has 0 spiro atoms. The summed E-state index contributed by atoms with van der Waals surface area (Å²) in [5.74, 6) is 0.240. The predicted octanol–water partition coefficient (Wildman–Crippen LogP) is 2.89. The van der Waals surface area contributed by atoms with Crippen LogP contribution in [0.4, 0.5) is 10.1 Å². The number of anilines is 1. The summed E-state index contributed by atoms with van der Waals surface area (Å²) >= 11 is 0. The lowest BCUT2D eigenvalue weighted by Gasteiger charge is -2.21. The zero-order valence-corrected chi connectivity index (χ0v) is 15.0. The minimum absolute atomic E-state index is 0.179. The topological polar surface area (TPSA) is 56.0 Å². The Kier molecular flexibility index (Phi) is 4.19. The number of nitrogens with zero attached hydrogens (tertiary/aromatic N) is 5. The molecule has 0 atom stereocenters. The summed E-state index contributed by atoms with van der Waals surface area (Å²) in [5.41, 5.74) is 1.77. The number of halogens is 1. The number of fused-ring (bicyclic) bond motifs is 1. The normalized spacial score (nSPS) is 11.1. The molecule has 0 radical (unpaired) electrons. The van der Waals surface area contributed by atoms with Crippen molar-refractivity contribution in [1.82, 2.24) is 19.3 Å². The van der Waals surface area contributed by atoms with Gasteiger partial charge in [-0.25, -0.2) is 9.37 Å². The molecule has 0 bridgehead atoms. The van der Waals surface area contributed by atoms with Gasteiger partial charge in [-0.1, -0.05) is 24.3 Å². The molecule has 0 saturated carbocycles. The van der Waals surface area contributed by atoms with Gasteiger partial charge in [0.15, 0.2) is 5.65 Å². The Labute approximate surface area is 155 Å². The summed E-state index contributed by atoms with van der Waals surface area (Å²) in [4.78, 5) is 19.7. The molecule has 6 nitrogen and oxygen atoms in total. The van der Waals surface area contributed by atoms with Crippen molar-refractivity contribution < 1.29 is 4.39 Å². The van der Waals surface area contributed by atoms with E-state index in [4.69, 9.17) is 0 Å². The maximum atomic E-state index is 13.6. The summed E-state index contributed by atoms with van der Waals surface area (Å²) in [6.07, 6.45) is 1.53. The lowest BCUT2D eigenvalue weighted by atomic mass is 10.2. The van der Waals surface area contributed by atoms with Crippen LogP contribution in [0.15, 0.2) is 65.6 Å². The van der Waals surface area contributed by atoms with Crippen molar-refractivity contribution in [3.05, 3.63) is 82.8 Å². The van der Waals surface area contributed by atoms with E-state index >= 15 is 0 Å². The molecule has 2 heterocycles. The van der Waals surface area contributed by atoms with Crippen molar-refractivity contribution in [2.45, 2.75) is 6.54 Å². The second-order valence-corrected chi connectivity index (χ2v) is 6.35. The Bertz CT molecular complexity index is 1170. The van der Waals surface area contributed by atoms with E-state index in [1.165, 1.54) is 18.3 Å². The van der Waals surface area contributed by atoms with E-state index in [1.54, 1.807) is 22.4 Å². The largest absolute Gasteiger partial charge is 0.367 e. The van der Waals surface area contributed by atoms with Gasteiger partial charge in [-0.15, -0.1) is 0 Å². The molecule has 0 N–H and O–H groups in total. The molecule has 0 saturated heterocycles. The van der Waals surface area contributed by atoms with Gasteiger partial charge >= 0.3 is 0 Å². The number of para-hydroxylation sites is 1. The summed E-state index contributed by atoms with van der Waals surface area (Å²) in [6, 6.07) is 15.7. The average Bonchev–Trinajstić information content (AvgIpc) is 3.04. The van der Waals surface area contributed by atoms with Gasteiger partial charge in [0.1, 0.15) is 17.0 Å². The first-order chi connectivity index (χ1) is 13.0. The molecule has 4 aromatic rings. The van der Waals surface area contributed by atoms with Crippen molar-refractivity contribution in [2.24, 2.45) is 7.05 Å². The number of rotatable bonds is 4. The number of hydrogen-bond donors (Lipinski definition) is 0. The number of hydrogen-bond acceptors (Lipinski definition) is 4. The molecule has 0 fully saturated rings. The molecular formula is C20H18FN5O. The Morgan fingerprint density at radius 3 is 2.63 bits per heavy atom. The maximum Gasteiger partial charge on any atom is 0.269 e. The molecule has 0 unspecified atom stereocenters. The fourth-order valence-electron chi connectivity index (χ4n) is 3.09. The summed E-state index contributed by atoms with van der Waals surface area (Å²) in [6.45, 7) is 0.328. The van der Waals surface area contributed by atoms with Crippen molar-refractivity contribution in [1.29, 1.82) is 0 Å². The van der Waals surface area contributed by atoms with Gasteiger partial charge in [-0.05, 0) is 30.3 Å². The highest BCUT2D eigenvalue weighted by atomic mass is 19.1. The van der Waals surface area contributed by atoms with E-state index in [0.29, 0.717) is 29.1 Å². The molecular weight excluding hydrogens is 345 g/mol. The second-order valence-electron chi connectivity index (χ2n) is 6.35. The zero-order chi connectivity index (χ0) is 19.0. The van der Waals surface area contributed by atoms with Crippen LogP contribution in [0.5, 0.6) is 0 Å². The molecule has 0 aliphatic carbocycles. The Morgan fingerprint density at radius 1 is 1.11 bits per heavy atom. The van der Waals surface area contributed by atoms with Crippen molar-refractivity contribution in [2.75, 3.05) is 11.9 Å². The Morgan fingerprint density at radius 2 is 1.89 bits per heavy atom. The van der Waals surface area contributed by atoms with Crippen LogP contribution in [0.3, 0.4) is 0 Å². The first-order valence-electron chi connectivity index (χ1n) is 8.50. The number of benzene rings is 2. The third-order valence-corrected chi connectivity index (χ3v) is 4.48. The third kappa shape index (κ3) is 3.08. The van der Waals surface area contributed by atoms with Gasteiger partial charge in [0.05, 0.1) is 18.4 Å². The van der Waals surface area contributed by atoms with Gasteiger partial charge in [-0.3, -0.25) is 14.0 Å². The molecule has 4 rings (SSSR count). The first kappa shape index (κ1) is 17.0. The fraction of sp³-hybridized carbons (Fsp3) is 0.150. The summed E-state index contributed by atoms with van der Waals surface area (Å²) < 4.78 is 16.7. The predicted molar refractivity (Wildman–Crippen MR) is 103 cm³/mol. The minimum atomic E-state index is -0.310. The highest BCUT2D eigenvalue weighted by molar-refractivity contribution is 5.73. The van der Waals surface area contributed by atoms with Crippen LogP contribution in [0.2, 0.25) is 0 Å². The lowest BCUT2D eigenvalue weighted by molar-refractivity contribution is 0.626. The summed E-state index contributed by atoms with van der Waals surface area (Å²) in [7, 11) is 3.59. The third-order valence-electron chi connectivity index (χ3n) is 4.48. The number of aryl methyl sites for hydroxylation is 1. The maximum absolute atomic E-state index is 13.6. The molecule has 7 heteroatoms. The molecule has 2 aromatic heterocycles. The van der Waals surface area contributed by atoms with E-state index in [0.717, 1.165) is 5.69 Å². The Hall–Kier alpha value is -3.48. The molecule has 0 amide bonds. The SMILES string of the molecule is CN(Cc1nc2c(cnn2C)c(=O)n1-c1ccccc1)c1cccc(F)c1. The molecule has 136 valence electrons. The average molecular weight is 363 g/mol. The van der Waals surface area contributed by atoms with E-state index in [1.807, 2.05) is 48.3 Å². The van der Waals surface area contributed by atoms with Crippen LogP contribution < -0.4 is 10.5 Å². The highest BCUT2D eigenvalue weighted by Crippen LogP contribution is 2.18. The minimum Gasteiger partial charge on any atom is -0.367 e. The Balaban J connectivity index is 1.88. The molecule has 0 aliphatic heterocycles. The monoisotopic (exact) mass is 363 g/mol. The van der Waals surface area contributed by atoms with E-state index < -0.39 is 0 Å². The van der Waals surface area contributed by atoms with Crippen LogP contribution in [0.25, 0.3) is 16.7 Å². The van der Waals surface area contributed by atoms with Gasteiger partial charge in [0.2, 0.25) is 0 Å². The highest BCUT2D eigenvalue weighted by Gasteiger charge is 2.17. The van der Waals surface area contributed by atoms with Crippen molar-refractivity contribution >= 4 is 16.7 Å². The quantitative estimate of drug-likeness (QED) is 0.559. The van der Waals surface area contributed by atoms with Crippen LogP contribution in [0.1, 0.15) is 5.82 Å². The lowest BCUT2D eigenvalue weighted by Crippen LogP contribution is -2.28. The van der Waals surface area contributed by atoms with Crippen LogP contribution >= 0.6 is 0 Å². The van der Waals surface area contributed by atoms with Gasteiger partial charge in [0, 0.05) is 19.8 Å². The summed E-state index contributed by atoms with van der Waals surface area (Å²) in [5, 5.41) is 4.62. The van der Waals surface area contributed by atoms with Crippen LogP contribution in [-0.4, -0.2) is 26.4 Å². The smallest absolute Gasteiger partial charge is 0.269 e. The first-order valence-corrected chi connectivity index (χ1v) is 8.50.